The highest BCUT2D eigenvalue weighted by molar-refractivity contribution is 6.44. The van der Waals surface area contributed by atoms with Crippen LogP contribution in [0, 0.1) is 0 Å². The van der Waals surface area contributed by atoms with Crippen LogP contribution in [0.15, 0.2) is 36.4 Å². The van der Waals surface area contributed by atoms with E-state index in [0.29, 0.717) is 10.6 Å². The molecule has 0 saturated heterocycles. The first-order valence-corrected chi connectivity index (χ1v) is 7.28. The minimum atomic E-state index is -0.240. The molecule has 1 N–H and O–H groups in total. The van der Waals surface area contributed by atoms with Crippen LogP contribution >= 0.6 is 23.2 Å². The fourth-order valence-electron chi connectivity index (χ4n) is 2.53. The van der Waals surface area contributed by atoms with Gasteiger partial charge >= 0.3 is 0 Å². The Morgan fingerprint density at radius 3 is 2.70 bits per heavy atom. The van der Waals surface area contributed by atoms with E-state index < -0.39 is 0 Å². The highest BCUT2D eigenvalue weighted by Gasteiger charge is 2.15. The van der Waals surface area contributed by atoms with Crippen molar-refractivity contribution in [2.24, 2.45) is 0 Å². The summed E-state index contributed by atoms with van der Waals surface area (Å²) in [6.45, 7) is 0. The van der Waals surface area contributed by atoms with Crippen molar-refractivity contribution in [1.82, 2.24) is 0 Å². The lowest BCUT2D eigenvalue weighted by molar-refractivity contribution is 0.102. The van der Waals surface area contributed by atoms with Crippen molar-refractivity contribution in [1.29, 1.82) is 0 Å². The van der Waals surface area contributed by atoms with Gasteiger partial charge in [0.15, 0.2) is 0 Å². The molecule has 0 unspecified atom stereocenters. The molecule has 1 amide bonds. The molecule has 0 heterocycles. The average Bonchev–Trinajstić information content (AvgIpc) is 2.89. The number of carbonyl (C=O) groups excluding carboxylic acids is 1. The highest BCUT2D eigenvalue weighted by Crippen LogP contribution is 2.28. The molecule has 0 aliphatic heterocycles. The van der Waals surface area contributed by atoms with E-state index in [-0.39, 0.29) is 10.9 Å². The van der Waals surface area contributed by atoms with E-state index in [1.807, 2.05) is 12.1 Å². The third kappa shape index (κ3) is 2.54. The number of fused-ring (bicyclic) bond motifs is 1. The van der Waals surface area contributed by atoms with Gasteiger partial charge in [-0.2, -0.15) is 0 Å². The summed E-state index contributed by atoms with van der Waals surface area (Å²) in [4.78, 5) is 12.2. The van der Waals surface area contributed by atoms with Gasteiger partial charge in [-0.15, -0.1) is 0 Å². The van der Waals surface area contributed by atoms with Gasteiger partial charge in [-0.1, -0.05) is 35.3 Å². The molecule has 2 nitrogen and oxygen atoms in total. The predicted molar refractivity (Wildman–Crippen MR) is 82.9 cm³/mol. The zero-order chi connectivity index (χ0) is 14.1. The van der Waals surface area contributed by atoms with Gasteiger partial charge in [0.1, 0.15) is 0 Å². The zero-order valence-corrected chi connectivity index (χ0v) is 12.3. The molecule has 2 aromatic carbocycles. The molecule has 1 aliphatic rings. The van der Waals surface area contributed by atoms with Crippen molar-refractivity contribution in [3.8, 4) is 0 Å². The van der Waals surface area contributed by atoms with E-state index in [0.717, 1.165) is 18.5 Å². The molecule has 2 aromatic rings. The Kier molecular flexibility index (Phi) is 3.68. The zero-order valence-electron chi connectivity index (χ0n) is 10.7. The van der Waals surface area contributed by atoms with Crippen LogP contribution in [0.4, 0.5) is 5.69 Å². The van der Waals surface area contributed by atoms with Gasteiger partial charge in [0, 0.05) is 5.69 Å². The number of carbonyl (C=O) groups is 1. The van der Waals surface area contributed by atoms with E-state index in [1.165, 1.54) is 17.5 Å². The first kappa shape index (κ1) is 13.5. The normalized spacial score (nSPS) is 13.1. The SMILES string of the molecule is O=C(Nc1ccc2c(c1)CCC2)c1cccc(Cl)c1Cl. The molecule has 0 radical (unpaired) electrons. The Morgan fingerprint density at radius 2 is 1.85 bits per heavy atom. The van der Waals surface area contributed by atoms with Gasteiger partial charge in [0.2, 0.25) is 0 Å². The van der Waals surface area contributed by atoms with Gasteiger partial charge in [0.05, 0.1) is 15.6 Å². The number of hydrogen-bond acceptors (Lipinski definition) is 1. The van der Waals surface area contributed by atoms with Crippen LogP contribution in [0.2, 0.25) is 10.0 Å². The monoisotopic (exact) mass is 305 g/mol. The maximum atomic E-state index is 12.2. The van der Waals surface area contributed by atoms with Crippen LogP contribution in [0.25, 0.3) is 0 Å². The van der Waals surface area contributed by atoms with Crippen LogP contribution in [-0.2, 0) is 12.8 Å². The van der Waals surface area contributed by atoms with E-state index in [1.54, 1.807) is 18.2 Å². The van der Waals surface area contributed by atoms with Crippen molar-refractivity contribution >= 4 is 34.8 Å². The summed E-state index contributed by atoms with van der Waals surface area (Å²) in [6.07, 6.45) is 3.40. The largest absolute Gasteiger partial charge is 0.322 e. The summed E-state index contributed by atoms with van der Waals surface area (Å²) >= 11 is 12.0. The lowest BCUT2D eigenvalue weighted by Crippen LogP contribution is -2.12. The van der Waals surface area contributed by atoms with Crippen LogP contribution in [0.1, 0.15) is 27.9 Å². The van der Waals surface area contributed by atoms with Gasteiger partial charge in [-0.3, -0.25) is 4.79 Å². The lowest BCUT2D eigenvalue weighted by atomic mass is 10.1. The fraction of sp³-hybridized carbons (Fsp3) is 0.188. The van der Waals surface area contributed by atoms with Crippen LogP contribution in [0.5, 0.6) is 0 Å². The van der Waals surface area contributed by atoms with Crippen LogP contribution < -0.4 is 5.32 Å². The maximum absolute atomic E-state index is 12.2. The number of amides is 1. The highest BCUT2D eigenvalue weighted by atomic mass is 35.5. The third-order valence-electron chi connectivity index (χ3n) is 3.55. The Bertz CT molecular complexity index is 682. The number of nitrogens with one attached hydrogen (secondary N) is 1. The first-order valence-electron chi connectivity index (χ1n) is 6.52. The summed E-state index contributed by atoms with van der Waals surface area (Å²) in [7, 11) is 0. The van der Waals surface area contributed by atoms with Crippen LogP contribution in [0.3, 0.4) is 0 Å². The second kappa shape index (κ2) is 5.47. The predicted octanol–water partition coefficient (Wildman–Crippen LogP) is 4.73. The minimum absolute atomic E-state index is 0.240. The molecule has 4 heteroatoms. The maximum Gasteiger partial charge on any atom is 0.257 e. The van der Waals surface area contributed by atoms with Gasteiger partial charge < -0.3 is 5.32 Å². The summed E-state index contributed by atoms with van der Waals surface area (Å²) < 4.78 is 0. The molecule has 0 spiro atoms. The number of hydrogen-bond donors (Lipinski definition) is 1. The summed E-state index contributed by atoms with van der Waals surface area (Å²) in [5, 5.41) is 3.54. The minimum Gasteiger partial charge on any atom is -0.322 e. The summed E-state index contributed by atoms with van der Waals surface area (Å²) in [5.41, 5.74) is 3.88. The number of anilines is 1. The fourth-order valence-corrected chi connectivity index (χ4v) is 2.91. The molecule has 102 valence electrons. The van der Waals surface area contributed by atoms with Crippen LogP contribution in [-0.4, -0.2) is 5.91 Å². The number of rotatable bonds is 2. The molecule has 0 fully saturated rings. The second-order valence-corrected chi connectivity index (χ2v) is 5.68. The summed E-state index contributed by atoms with van der Waals surface area (Å²) in [5.74, 6) is -0.240. The standard InChI is InChI=1S/C16H13Cl2NO/c17-14-6-2-5-13(15(14)18)16(20)19-12-8-7-10-3-1-4-11(10)9-12/h2,5-9H,1,3-4H2,(H,19,20). The first-order chi connectivity index (χ1) is 9.65. The molecule has 20 heavy (non-hydrogen) atoms. The third-order valence-corrected chi connectivity index (χ3v) is 4.37. The van der Waals surface area contributed by atoms with E-state index in [4.69, 9.17) is 23.2 Å². The van der Waals surface area contributed by atoms with Gasteiger partial charge in [-0.25, -0.2) is 0 Å². The lowest BCUT2D eigenvalue weighted by Gasteiger charge is -2.09. The Balaban J connectivity index is 1.84. The van der Waals surface area contributed by atoms with Crippen molar-refractivity contribution in [3.63, 3.8) is 0 Å². The van der Waals surface area contributed by atoms with Crippen molar-refractivity contribution < 1.29 is 4.79 Å². The Labute approximate surface area is 127 Å². The molecule has 0 bridgehead atoms. The Morgan fingerprint density at radius 1 is 1.05 bits per heavy atom. The van der Waals surface area contributed by atoms with Crippen molar-refractivity contribution in [2.75, 3.05) is 5.32 Å². The van der Waals surface area contributed by atoms with E-state index >= 15 is 0 Å². The number of halogens is 2. The number of aryl methyl sites for hydroxylation is 2. The smallest absolute Gasteiger partial charge is 0.257 e. The molecule has 3 rings (SSSR count). The molecule has 0 aromatic heterocycles. The Hall–Kier alpha value is -1.51. The van der Waals surface area contributed by atoms with Crippen molar-refractivity contribution in [2.45, 2.75) is 19.3 Å². The molecule has 1 aliphatic carbocycles. The van der Waals surface area contributed by atoms with Crippen molar-refractivity contribution in [3.05, 3.63) is 63.1 Å². The van der Waals surface area contributed by atoms with Gasteiger partial charge in [-0.05, 0) is 54.7 Å². The second-order valence-electron chi connectivity index (χ2n) is 4.89. The average molecular weight is 306 g/mol. The van der Waals surface area contributed by atoms with E-state index in [2.05, 4.69) is 11.4 Å². The van der Waals surface area contributed by atoms with E-state index in [9.17, 15) is 4.79 Å². The quantitative estimate of drug-likeness (QED) is 0.853. The topological polar surface area (TPSA) is 29.1 Å². The number of benzene rings is 2. The molecular weight excluding hydrogens is 293 g/mol. The molecular formula is C16H13Cl2NO. The molecule has 0 atom stereocenters. The summed E-state index contributed by atoms with van der Waals surface area (Å²) in [6, 6.07) is 11.1. The van der Waals surface area contributed by atoms with Gasteiger partial charge in [0.25, 0.3) is 5.91 Å². The molecule has 0 saturated carbocycles.